The number of nitrogens with zero attached hydrogens (tertiary/aromatic N) is 4. The Morgan fingerprint density at radius 3 is 3.11 bits per heavy atom. The summed E-state index contributed by atoms with van der Waals surface area (Å²) in [5.74, 6) is 1.59. The van der Waals surface area contributed by atoms with Crippen LogP contribution in [-0.4, -0.2) is 24.9 Å². The maximum atomic E-state index is 9.09. The Morgan fingerprint density at radius 2 is 2.33 bits per heavy atom. The molecule has 0 aliphatic heterocycles. The second kappa shape index (κ2) is 4.71. The lowest BCUT2D eigenvalue weighted by Gasteiger charge is -2.01. The van der Waals surface area contributed by atoms with Crippen LogP contribution >= 0.6 is 11.3 Å². The Balaban J connectivity index is 1.82. The zero-order valence-corrected chi connectivity index (χ0v) is 10.2. The van der Waals surface area contributed by atoms with Crippen LogP contribution in [0.3, 0.4) is 0 Å². The van der Waals surface area contributed by atoms with Crippen molar-refractivity contribution in [1.82, 2.24) is 19.7 Å². The average Bonchev–Trinajstić information content (AvgIpc) is 3.10. The highest BCUT2D eigenvalue weighted by Gasteiger charge is 2.11. The zero-order valence-electron chi connectivity index (χ0n) is 9.35. The van der Waals surface area contributed by atoms with Gasteiger partial charge in [-0.25, -0.2) is 4.98 Å². The van der Waals surface area contributed by atoms with Gasteiger partial charge in [0.1, 0.15) is 19.0 Å². The van der Waals surface area contributed by atoms with E-state index in [-0.39, 0.29) is 6.61 Å². The molecule has 3 aromatic rings. The van der Waals surface area contributed by atoms with Crippen LogP contribution in [0, 0.1) is 0 Å². The van der Waals surface area contributed by atoms with Crippen LogP contribution in [0.4, 0.5) is 0 Å². The maximum Gasteiger partial charge on any atom is 0.257 e. The smallest absolute Gasteiger partial charge is 0.257 e. The lowest BCUT2D eigenvalue weighted by atomic mass is 10.5. The summed E-state index contributed by atoms with van der Waals surface area (Å²) in [4.78, 5) is 4.96. The standard InChI is InChI=1S/C11H10N4O2S/c16-7-9-12-3-4-15(9)6-10-13-14-11(17-10)8-2-1-5-18-8/h1-5,16H,6-7H2. The topological polar surface area (TPSA) is 77.0 Å². The van der Waals surface area contributed by atoms with Crippen molar-refractivity contribution >= 4 is 11.3 Å². The van der Waals surface area contributed by atoms with Gasteiger partial charge < -0.3 is 14.1 Å². The largest absolute Gasteiger partial charge is 0.418 e. The Kier molecular flexibility index (Phi) is 2.91. The molecule has 0 atom stereocenters. The fourth-order valence-electron chi connectivity index (χ4n) is 1.60. The molecule has 7 heteroatoms. The van der Waals surface area contributed by atoms with Crippen molar-refractivity contribution in [2.24, 2.45) is 0 Å². The van der Waals surface area contributed by atoms with E-state index in [1.54, 1.807) is 28.3 Å². The van der Waals surface area contributed by atoms with Crippen molar-refractivity contribution < 1.29 is 9.52 Å². The monoisotopic (exact) mass is 262 g/mol. The van der Waals surface area contributed by atoms with Crippen molar-refractivity contribution in [3.05, 3.63) is 41.6 Å². The first-order valence-corrected chi connectivity index (χ1v) is 6.22. The van der Waals surface area contributed by atoms with Gasteiger partial charge in [-0.05, 0) is 11.4 Å². The summed E-state index contributed by atoms with van der Waals surface area (Å²) in [6.07, 6.45) is 3.39. The van der Waals surface area contributed by atoms with Crippen LogP contribution in [0.5, 0.6) is 0 Å². The number of imidazole rings is 1. The highest BCUT2D eigenvalue weighted by Crippen LogP contribution is 2.23. The Labute approximate surface area is 107 Å². The second-order valence-corrected chi connectivity index (χ2v) is 4.56. The molecule has 0 saturated carbocycles. The van der Waals surface area contributed by atoms with E-state index in [0.29, 0.717) is 24.2 Å². The van der Waals surface area contributed by atoms with Crippen LogP contribution in [0.15, 0.2) is 34.3 Å². The lowest BCUT2D eigenvalue weighted by molar-refractivity contribution is 0.265. The number of hydrogen-bond acceptors (Lipinski definition) is 6. The molecule has 6 nitrogen and oxygen atoms in total. The highest BCUT2D eigenvalue weighted by atomic mass is 32.1. The fraction of sp³-hybridized carbons (Fsp3) is 0.182. The second-order valence-electron chi connectivity index (χ2n) is 3.61. The third kappa shape index (κ3) is 2.05. The third-order valence-corrected chi connectivity index (χ3v) is 3.31. The van der Waals surface area contributed by atoms with Crippen molar-refractivity contribution in [2.45, 2.75) is 13.2 Å². The Hall–Kier alpha value is -1.99. The van der Waals surface area contributed by atoms with E-state index in [9.17, 15) is 0 Å². The molecule has 0 saturated heterocycles. The lowest BCUT2D eigenvalue weighted by Crippen LogP contribution is -2.04. The van der Waals surface area contributed by atoms with Gasteiger partial charge in [0, 0.05) is 12.4 Å². The van der Waals surface area contributed by atoms with E-state index >= 15 is 0 Å². The first-order valence-electron chi connectivity index (χ1n) is 5.34. The minimum atomic E-state index is -0.112. The van der Waals surface area contributed by atoms with Crippen molar-refractivity contribution in [1.29, 1.82) is 0 Å². The van der Waals surface area contributed by atoms with E-state index in [1.807, 2.05) is 17.5 Å². The van der Waals surface area contributed by atoms with Crippen molar-refractivity contribution in [2.75, 3.05) is 0 Å². The molecule has 0 bridgehead atoms. The minimum Gasteiger partial charge on any atom is -0.418 e. The summed E-state index contributed by atoms with van der Waals surface area (Å²) in [6, 6.07) is 3.86. The molecule has 0 aliphatic rings. The first-order chi connectivity index (χ1) is 8.86. The van der Waals surface area contributed by atoms with Gasteiger partial charge in [0.05, 0.1) is 4.88 Å². The summed E-state index contributed by atoms with van der Waals surface area (Å²) < 4.78 is 7.33. The zero-order chi connectivity index (χ0) is 12.4. The van der Waals surface area contributed by atoms with Gasteiger partial charge in [0.25, 0.3) is 5.89 Å². The molecule has 3 heterocycles. The number of aromatic nitrogens is 4. The fourth-order valence-corrected chi connectivity index (χ4v) is 2.24. The number of hydrogen-bond donors (Lipinski definition) is 1. The summed E-state index contributed by atoms with van der Waals surface area (Å²) in [5, 5.41) is 19.0. The van der Waals surface area contributed by atoms with Crippen LogP contribution in [-0.2, 0) is 13.2 Å². The van der Waals surface area contributed by atoms with Crippen molar-refractivity contribution in [3.63, 3.8) is 0 Å². The third-order valence-electron chi connectivity index (χ3n) is 2.45. The summed E-state index contributed by atoms with van der Waals surface area (Å²) in [6.45, 7) is 0.299. The van der Waals surface area contributed by atoms with E-state index in [1.165, 1.54) is 0 Å². The number of thiophene rings is 1. The number of aliphatic hydroxyl groups excluding tert-OH is 1. The van der Waals surface area contributed by atoms with Gasteiger partial charge in [-0.2, -0.15) is 0 Å². The van der Waals surface area contributed by atoms with Crippen molar-refractivity contribution in [3.8, 4) is 10.8 Å². The Morgan fingerprint density at radius 1 is 1.39 bits per heavy atom. The van der Waals surface area contributed by atoms with E-state index < -0.39 is 0 Å². The molecule has 92 valence electrons. The van der Waals surface area contributed by atoms with Gasteiger partial charge in [-0.3, -0.25) is 0 Å². The van der Waals surface area contributed by atoms with E-state index in [2.05, 4.69) is 15.2 Å². The molecule has 0 fully saturated rings. The summed E-state index contributed by atoms with van der Waals surface area (Å²) >= 11 is 1.55. The molecule has 1 N–H and O–H groups in total. The van der Waals surface area contributed by atoms with Crippen LogP contribution in [0.2, 0.25) is 0 Å². The molecular formula is C11H10N4O2S. The molecule has 0 radical (unpaired) electrons. The number of aliphatic hydroxyl groups is 1. The van der Waals surface area contributed by atoms with E-state index in [4.69, 9.17) is 9.52 Å². The quantitative estimate of drug-likeness (QED) is 0.771. The Bertz CT molecular complexity index is 629. The molecule has 0 spiro atoms. The predicted molar refractivity (Wildman–Crippen MR) is 64.9 cm³/mol. The molecule has 18 heavy (non-hydrogen) atoms. The average molecular weight is 262 g/mol. The SMILES string of the molecule is OCc1nccn1Cc1nnc(-c2cccs2)o1. The van der Waals surface area contributed by atoms with Crippen LogP contribution in [0.1, 0.15) is 11.7 Å². The molecule has 0 amide bonds. The normalized spacial score (nSPS) is 10.9. The van der Waals surface area contributed by atoms with Crippen LogP contribution in [0.25, 0.3) is 10.8 Å². The molecular weight excluding hydrogens is 252 g/mol. The molecule has 3 rings (SSSR count). The molecule has 0 unspecified atom stereocenters. The summed E-state index contributed by atoms with van der Waals surface area (Å²) in [5.41, 5.74) is 0. The van der Waals surface area contributed by atoms with Gasteiger partial charge in [0.2, 0.25) is 5.89 Å². The van der Waals surface area contributed by atoms with Gasteiger partial charge in [-0.15, -0.1) is 21.5 Å². The molecule has 0 aromatic carbocycles. The molecule has 3 aromatic heterocycles. The number of rotatable bonds is 4. The maximum absolute atomic E-state index is 9.09. The first kappa shape index (κ1) is 11.1. The predicted octanol–water partition coefficient (Wildman–Crippen LogP) is 1.54. The minimum absolute atomic E-state index is 0.112. The highest BCUT2D eigenvalue weighted by molar-refractivity contribution is 7.13. The van der Waals surface area contributed by atoms with Gasteiger partial charge in [-0.1, -0.05) is 6.07 Å². The molecule has 0 aliphatic carbocycles. The van der Waals surface area contributed by atoms with Gasteiger partial charge >= 0.3 is 0 Å². The van der Waals surface area contributed by atoms with Crippen LogP contribution < -0.4 is 0 Å². The summed E-state index contributed by atoms with van der Waals surface area (Å²) in [7, 11) is 0. The van der Waals surface area contributed by atoms with Gasteiger partial charge in [0.15, 0.2) is 0 Å². The van der Waals surface area contributed by atoms with E-state index in [0.717, 1.165) is 4.88 Å².